The van der Waals surface area contributed by atoms with Gasteiger partial charge in [0.2, 0.25) is 5.91 Å². The highest BCUT2D eigenvalue weighted by Gasteiger charge is 2.14. The number of hydrogen-bond donors (Lipinski definition) is 3. The van der Waals surface area contributed by atoms with Crippen molar-refractivity contribution in [3.63, 3.8) is 0 Å². The largest absolute Gasteiger partial charge is 0.352 e. The molecule has 3 amide bonds. The fraction of sp³-hybridized carbons (Fsp3) is 0.273. The molecular weight excluding hydrogens is 242 g/mol. The van der Waals surface area contributed by atoms with Crippen LogP contribution in [0.2, 0.25) is 5.02 Å². The molecule has 1 aromatic rings. The van der Waals surface area contributed by atoms with Crippen LogP contribution in [0, 0.1) is 6.92 Å². The summed E-state index contributed by atoms with van der Waals surface area (Å²) in [5.41, 5.74) is 6.42. The number of nitrogens with one attached hydrogen (secondary N) is 2. The Morgan fingerprint density at radius 1 is 1.41 bits per heavy atom. The molecule has 5 nitrogen and oxygen atoms in total. The zero-order valence-corrected chi connectivity index (χ0v) is 10.3. The monoisotopic (exact) mass is 255 g/mol. The van der Waals surface area contributed by atoms with Gasteiger partial charge in [0.05, 0.1) is 0 Å². The molecule has 6 heteroatoms. The van der Waals surface area contributed by atoms with Gasteiger partial charge in [0.25, 0.3) is 0 Å². The van der Waals surface area contributed by atoms with Crippen molar-refractivity contribution in [2.45, 2.75) is 19.9 Å². The van der Waals surface area contributed by atoms with Crippen LogP contribution < -0.4 is 16.4 Å². The fourth-order valence-corrected chi connectivity index (χ4v) is 1.42. The third-order valence-electron chi connectivity index (χ3n) is 2.21. The average molecular weight is 256 g/mol. The molecule has 0 aromatic heterocycles. The van der Waals surface area contributed by atoms with E-state index in [-0.39, 0.29) is 5.91 Å². The van der Waals surface area contributed by atoms with Gasteiger partial charge in [-0.25, -0.2) is 4.79 Å². The molecule has 0 saturated heterocycles. The van der Waals surface area contributed by atoms with Crippen molar-refractivity contribution < 1.29 is 9.59 Å². The van der Waals surface area contributed by atoms with Gasteiger partial charge in [0.1, 0.15) is 6.04 Å². The average Bonchev–Trinajstić information content (AvgIpc) is 2.22. The Morgan fingerprint density at radius 2 is 2.06 bits per heavy atom. The van der Waals surface area contributed by atoms with Gasteiger partial charge in [-0.05, 0) is 31.5 Å². The molecule has 0 saturated carbocycles. The van der Waals surface area contributed by atoms with Crippen molar-refractivity contribution in [1.82, 2.24) is 5.32 Å². The van der Waals surface area contributed by atoms with E-state index in [4.69, 9.17) is 17.3 Å². The van der Waals surface area contributed by atoms with Crippen LogP contribution in [0.5, 0.6) is 0 Å². The summed E-state index contributed by atoms with van der Waals surface area (Å²) in [4.78, 5) is 22.3. The van der Waals surface area contributed by atoms with E-state index in [9.17, 15) is 9.59 Å². The molecule has 0 fully saturated rings. The highest BCUT2D eigenvalue weighted by Crippen LogP contribution is 2.20. The van der Waals surface area contributed by atoms with Crippen molar-refractivity contribution in [2.75, 3.05) is 5.32 Å². The van der Waals surface area contributed by atoms with Crippen molar-refractivity contribution in [2.24, 2.45) is 5.73 Å². The summed E-state index contributed by atoms with van der Waals surface area (Å²) in [5, 5.41) is 5.48. The molecule has 0 aliphatic rings. The normalized spacial score (nSPS) is 11.7. The Bertz CT molecular complexity index is 448. The Labute approximate surface area is 104 Å². The predicted molar refractivity (Wildman–Crippen MR) is 67.0 cm³/mol. The maximum Gasteiger partial charge on any atom is 0.312 e. The molecule has 0 bridgehead atoms. The number of rotatable bonds is 3. The number of primary amides is 1. The summed E-state index contributed by atoms with van der Waals surface area (Å²) >= 11 is 5.82. The molecule has 0 heterocycles. The minimum atomic E-state index is -0.740. The third-order valence-corrected chi connectivity index (χ3v) is 2.44. The second-order valence-corrected chi connectivity index (χ2v) is 4.12. The van der Waals surface area contributed by atoms with Crippen LogP contribution in [0.3, 0.4) is 0 Å². The minimum absolute atomic E-state index is 0.353. The Balaban J connectivity index is 2.73. The van der Waals surface area contributed by atoms with Crippen molar-refractivity contribution in [3.8, 4) is 0 Å². The number of anilines is 1. The lowest BCUT2D eigenvalue weighted by molar-refractivity contribution is -0.117. The topological polar surface area (TPSA) is 84.2 Å². The first-order valence-corrected chi connectivity index (χ1v) is 5.41. The number of urea groups is 1. The SMILES string of the molecule is Cc1ccc(Cl)cc1NC(=O)C(C)NC(N)=O. The van der Waals surface area contributed by atoms with Crippen LogP contribution in [0.25, 0.3) is 0 Å². The minimum Gasteiger partial charge on any atom is -0.352 e. The zero-order chi connectivity index (χ0) is 13.0. The quantitative estimate of drug-likeness (QED) is 0.767. The molecular formula is C11H14ClN3O2. The molecule has 1 atom stereocenters. The van der Waals surface area contributed by atoms with E-state index in [0.29, 0.717) is 10.7 Å². The van der Waals surface area contributed by atoms with Gasteiger partial charge in [-0.3, -0.25) is 4.79 Å². The first-order chi connectivity index (χ1) is 7.90. The number of hydrogen-bond acceptors (Lipinski definition) is 2. The van der Waals surface area contributed by atoms with Crippen molar-refractivity contribution in [3.05, 3.63) is 28.8 Å². The van der Waals surface area contributed by atoms with Gasteiger partial charge in [0.15, 0.2) is 0 Å². The van der Waals surface area contributed by atoms with Crippen LogP contribution in [-0.2, 0) is 4.79 Å². The maximum atomic E-state index is 11.7. The summed E-state index contributed by atoms with van der Waals surface area (Å²) < 4.78 is 0. The van der Waals surface area contributed by atoms with E-state index in [1.165, 1.54) is 0 Å². The first-order valence-electron chi connectivity index (χ1n) is 5.03. The second-order valence-electron chi connectivity index (χ2n) is 3.68. The Morgan fingerprint density at radius 3 is 2.65 bits per heavy atom. The summed E-state index contributed by atoms with van der Waals surface area (Å²) in [6.07, 6.45) is 0. The van der Waals surface area contributed by atoms with Crippen LogP contribution in [0.15, 0.2) is 18.2 Å². The number of carbonyl (C=O) groups excluding carboxylic acids is 2. The molecule has 0 spiro atoms. The highest BCUT2D eigenvalue weighted by atomic mass is 35.5. The second kappa shape index (κ2) is 5.54. The third kappa shape index (κ3) is 3.96. The van der Waals surface area contributed by atoms with Gasteiger partial charge < -0.3 is 16.4 Å². The molecule has 1 rings (SSSR count). The van der Waals surface area contributed by atoms with E-state index in [1.54, 1.807) is 25.1 Å². The number of carbonyl (C=O) groups is 2. The van der Waals surface area contributed by atoms with E-state index >= 15 is 0 Å². The number of aryl methyl sites for hydroxylation is 1. The fourth-order valence-electron chi connectivity index (χ4n) is 1.25. The van der Waals surface area contributed by atoms with Crippen LogP contribution in [0.4, 0.5) is 10.5 Å². The molecule has 1 aromatic carbocycles. The number of halogens is 1. The lowest BCUT2D eigenvalue weighted by Crippen LogP contribution is -2.44. The van der Waals surface area contributed by atoms with Gasteiger partial charge in [-0.2, -0.15) is 0 Å². The number of benzene rings is 1. The summed E-state index contributed by atoms with van der Waals surface area (Å²) in [6, 6.07) is 3.73. The predicted octanol–water partition coefficient (Wildman–Crippen LogP) is 1.64. The van der Waals surface area contributed by atoms with Crippen LogP contribution in [-0.4, -0.2) is 18.0 Å². The Kier molecular flexibility index (Phi) is 4.34. The van der Waals surface area contributed by atoms with Gasteiger partial charge in [0, 0.05) is 10.7 Å². The molecule has 92 valence electrons. The number of amides is 3. The van der Waals surface area contributed by atoms with Crippen molar-refractivity contribution in [1.29, 1.82) is 0 Å². The molecule has 1 unspecified atom stereocenters. The lowest BCUT2D eigenvalue weighted by atomic mass is 10.2. The van der Waals surface area contributed by atoms with E-state index in [1.807, 2.05) is 6.92 Å². The molecule has 0 aliphatic carbocycles. The summed E-state index contributed by atoms with van der Waals surface area (Å²) in [6.45, 7) is 3.39. The lowest BCUT2D eigenvalue weighted by Gasteiger charge is -2.14. The first kappa shape index (κ1) is 13.3. The highest BCUT2D eigenvalue weighted by molar-refractivity contribution is 6.31. The summed E-state index contributed by atoms with van der Waals surface area (Å²) in [5.74, 6) is -0.353. The van der Waals surface area contributed by atoms with E-state index < -0.39 is 12.1 Å². The molecule has 0 aliphatic heterocycles. The Hall–Kier alpha value is -1.75. The van der Waals surface area contributed by atoms with Crippen LogP contribution >= 0.6 is 11.6 Å². The molecule has 4 N–H and O–H groups in total. The zero-order valence-electron chi connectivity index (χ0n) is 9.58. The molecule has 17 heavy (non-hydrogen) atoms. The molecule has 0 radical (unpaired) electrons. The smallest absolute Gasteiger partial charge is 0.312 e. The summed E-state index contributed by atoms with van der Waals surface area (Å²) in [7, 11) is 0. The van der Waals surface area contributed by atoms with Crippen molar-refractivity contribution >= 4 is 29.2 Å². The van der Waals surface area contributed by atoms with E-state index in [0.717, 1.165) is 5.56 Å². The number of nitrogens with two attached hydrogens (primary N) is 1. The van der Waals surface area contributed by atoms with Crippen LogP contribution in [0.1, 0.15) is 12.5 Å². The van der Waals surface area contributed by atoms with Gasteiger partial charge in [-0.15, -0.1) is 0 Å². The maximum absolute atomic E-state index is 11.7. The van der Waals surface area contributed by atoms with Gasteiger partial charge >= 0.3 is 6.03 Å². The van der Waals surface area contributed by atoms with E-state index in [2.05, 4.69) is 10.6 Å². The van der Waals surface area contributed by atoms with Gasteiger partial charge in [-0.1, -0.05) is 17.7 Å². The standard InChI is InChI=1S/C11H14ClN3O2/c1-6-3-4-8(12)5-9(6)15-10(16)7(2)14-11(13)17/h3-5,7H,1-2H3,(H,15,16)(H3,13,14,17).